The first-order chi connectivity index (χ1) is 12.0. The second kappa shape index (κ2) is 10.7. The number of nitrogens with zero attached hydrogens (tertiary/aromatic N) is 1. The van der Waals surface area contributed by atoms with Crippen LogP contribution in [0.4, 0.5) is 5.69 Å². The van der Waals surface area contributed by atoms with Gasteiger partial charge in [-0.3, -0.25) is 4.79 Å². The second-order valence-electron chi connectivity index (χ2n) is 7.48. The molecule has 2 atom stereocenters. The van der Waals surface area contributed by atoms with Gasteiger partial charge in [-0.15, -0.1) is 24.8 Å². The highest BCUT2D eigenvalue weighted by atomic mass is 35.5. The van der Waals surface area contributed by atoms with Gasteiger partial charge in [0.15, 0.2) is 0 Å². The molecule has 1 amide bonds. The summed E-state index contributed by atoms with van der Waals surface area (Å²) in [7, 11) is 4.00. The van der Waals surface area contributed by atoms with E-state index in [1.807, 2.05) is 26.2 Å². The highest BCUT2D eigenvalue weighted by molar-refractivity contribution is 6.32. The Labute approximate surface area is 179 Å². The highest BCUT2D eigenvalue weighted by Gasteiger charge is 2.49. The van der Waals surface area contributed by atoms with E-state index in [0.717, 1.165) is 44.6 Å². The van der Waals surface area contributed by atoms with Crippen LogP contribution >= 0.6 is 36.4 Å². The standard InChI is InChI=1S/C19H28ClN3O2.2ClH/c1-23(2)9-10-25-17-7-6-15(11-16(17)20)22-18(24)19-8-4-3-5-14(19)12-21-13-19;;/h6-7,11,14,21H,3-5,8-10,12-13H2,1-2H3,(H,22,24);2*1H/t14-,19+;;/m0../s1. The number of carbonyl (C=O) groups excluding carboxylic acids is 1. The Morgan fingerprint density at radius 3 is 2.85 bits per heavy atom. The van der Waals surface area contributed by atoms with Crippen molar-refractivity contribution in [2.24, 2.45) is 11.3 Å². The largest absolute Gasteiger partial charge is 0.491 e. The molecule has 0 unspecified atom stereocenters. The van der Waals surface area contributed by atoms with Crippen LogP contribution in [0.2, 0.25) is 5.02 Å². The number of ether oxygens (including phenoxy) is 1. The van der Waals surface area contributed by atoms with E-state index >= 15 is 0 Å². The van der Waals surface area contributed by atoms with E-state index in [1.165, 1.54) is 6.42 Å². The third-order valence-electron chi connectivity index (χ3n) is 5.48. The van der Waals surface area contributed by atoms with Gasteiger partial charge in [0, 0.05) is 18.8 Å². The molecule has 8 heteroatoms. The number of likely N-dealkylation sites (N-methyl/N-ethyl adjacent to an activating group) is 1. The van der Waals surface area contributed by atoms with Crippen LogP contribution in [0.5, 0.6) is 5.75 Å². The van der Waals surface area contributed by atoms with E-state index in [4.69, 9.17) is 16.3 Å². The number of hydrogen-bond donors (Lipinski definition) is 2. The molecule has 0 radical (unpaired) electrons. The minimum absolute atomic E-state index is 0. The van der Waals surface area contributed by atoms with Crippen molar-refractivity contribution in [2.75, 3.05) is 45.7 Å². The lowest BCUT2D eigenvalue weighted by Gasteiger charge is -2.37. The van der Waals surface area contributed by atoms with E-state index in [1.54, 1.807) is 6.07 Å². The Morgan fingerprint density at radius 2 is 2.15 bits per heavy atom. The average Bonchev–Trinajstić information content (AvgIpc) is 3.02. The van der Waals surface area contributed by atoms with Gasteiger partial charge in [-0.1, -0.05) is 24.4 Å². The van der Waals surface area contributed by atoms with Gasteiger partial charge in [-0.2, -0.15) is 0 Å². The third kappa shape index (κ3) is 5.64. The predicted molar refractivity (Wildman–Crippen MR) is 116 cm³/mol. The molecule has 0 spiro atoms. The number of hydrogen-bond acceptors (Lipinski definition) is 4. The van der Waals surface area contributed by atoms with Crippen LogP contribution in [-0.4, -0.2) is 51.1 Å². The summed E-state index contributed by atoms with van der Waals surface area (Å²) in [5, 5.41) is 7.03. The van der Waals surface area contributed by atoms with Crippen molar-refractivity contribution in [3.05, 3.63) is 23.2 Å². The Hall–Kier alpha value is -0.720. The SMILES string of the molecule is CN(C)CCOc1ccc(NC(=O)[C@@]23CCCC[C@H]2CNC3)cc1Cl.Cl.Cl. The first kappa shape index (κ1) is 24.3. The first-order valence-electron chi connectivity index (χ1n) is 9.10. The first-order valence-corrected chi connectivity index (χ1v) is 9.48. The van der Waals surface area contributed by atoms with E-state index in [2.05, 4.69) is 15.5 Å². The third-order valence-corrected chi connectivity index (χ3v) is 5.77. The Bertz CT molecular complexity index is 630. The number of anilines is 1. The van der Waals surface area contributed by atoms with E-state index in [0.29, 0.717) is 23.3 Å². The van der Waals surface area contributed by atoms with E-state index in [9.17, 15) is 4.79 Å². The van der Waals surface area contributed by atoms with Crippen LogP contribution in [0, 0.1) is 11.3 Å². The topological polar surface area (TPSA) is 53.6 Å². The summed E-state index contributed by atoms with van der Waals surface area (Å²) in [6.45, 7) is 3.14. The Morgan fingerprint density at radius 1 is 1.37 bits per heavy atom. The van der Waals surface area contributed by atoms with Gasteiger partial charge in [0.2, 0.25) is 5.91 Å². The zero-order valence-corrected chi connectivity index (χ0v) is 18.3. The zero-order valence-electron chi connectivity index (χ0n) is 15.9. The van der Waals surface area contributed by atoms with Gasteiger partial charge in [0.05, 0.1) is 10.4 Å². The maximum atomic E-state index is 13.0. The van der Waals surface area contributed by atoms with Gasteiger partial charge in [-0.25, -0.2) is 0 Å². The number of halogens is 3. The number of carbonyl (C=O) groups is 1. The molecule has 1 saturated carbocycles. The quantitative estimate of drug-likeness (QED) is 0.708. The molecule has 1 aliphatic carbocycles. The monoisotopic (exact) mass is 437 g/mol. The van der Waals surface area contributed by atoms with Crippen LogP contribution < -0.4 is 15.4 Å². The predicted octanol–water partition coefficient (Wildman–Crippen LogP) is 3.84. The minimum atomic E-state index is -0.258. The lowest BCUT2D eigenvalue weighted by molar-refractivity contribution is -0.128. The summed E-state index contributed by atoms with van der Waals surface area (Å²) in [6, 6.07) is 5.48. The molecule has 1 aromatic carbocycles. The van der Waals surface area contributed by atoms with E-state index < -0.39 is 0 Å². The van der Waals surface area contributed by atoms with Crippen LogP contribution in [0.25, 0.3) is 0 Å². The molecule has 1 aliphatic heterocycles. The molecule has 154 valence electrons. The average molecular weight is 439 g/mol. The molecule has 0 bridgehead atoms. The highest BCUT2D eigenvalue weighted by Crippen LogP contribution is 2.44. The molecule has 5 nitrogen and oxygen atoms in total. The fourth-order valence-corrected chi connectivity index (χ4v) is 4.21. The summed E-state index contributed by atoms with van der Waals surface area (Å²) in [5.74, 6) is 1.22. The van der Waals surface area contributed by atoms with Gasteiger partial charge < -0.3 is 20.3 Å². The molecular weight excluding hydrogens is 409 g/mol. The van der Waals surface area contributed by atoms with Crippen LogP contribution in [0.15, 0.2) is 18.2 Å². The number of benzene rings is 1. The van der Waals surface area contributed by atoms with Gasteiger partial charge in [-0.05, 0) is 57.6 Å². The number of rotatable bonds is 6. The molecule has 1 saturated heterocycles. The molecule has 0 aromatic heterocycles. The molecule has 3 rings (SSSR count). The molecule has 27 heavy (non-hydrogen) atoms. The fourth-order valence-electron chi connectivity index (χ4n) is 3.98. The molecular formula is C19H30Cl3N3O2. The molecule has 2 N–H and O–H groups in total. The lowest BCUT2D eigenvalue weighted by atomic mass is 9.67. The van der Waals surface area contributed by atoms with Gasteiger partial charge >= 0.3 is 0 Å². The van der Waals surface area contributed by atoms with Crippen LogP contribution in [-0.2, 0) is 4.79 Å². The van der Waals surface area contributed by atoms with Crippen LogP contribution in [0.1, 0.15) is 25.7 Å². The molecule has 1 heterocycles. The maximum Gasteiger partial charge on any atom is 0.232 e. The number of fused-ring (bicyclic) bond motifs is 1. The van der Waals surface area contributed by atoms with Gasteiger partial charge in [0.1, 0.15) is 12.4 Å². The van der Waals surface area contributed by atoms with Crippen molar-refractivity contribution in [1.29, 1.82) is 0 Å². The number of amides is 1. The smallest absolute Gasteiger partial charge is 0.232 e. The molecule has 2 aliphatic rings. The van der Waals surface area contributed by atoms with Crippen molar-refractivity contribution in [1.82, 2.24) is 10.2 Å². The summed E-state index contributed by atoms with van der Waals surface area (Å²) < 4.78 is 5.70. The normalized spacial score (nSPS) is 23.8. The van der Waals surface area contributed by atoms with E-state index in [-0.39, 0.29) is 36.1 Å². The fraction of sp³-hybridized carbons (Fsp3) is 0.632. The maximum absolute atomic E-state index is 13.0. The Kier molecular flexibility index (Phi) is 9.66. The minimum Gasteiger partial charge on any atom is -0.491 e. The second-order valence-corrected chi connectivity index (χ2v) is 7.89. The van der Waals surface area contributed by atoms with Crippen molar-refractivity contribution in [2.45, 2.75) is 25.7 Å². The summed E-state index contributed by atoms with van der Waals surface area (Å²) in [5.41, 5.74) is 0.478. The van der Waals surface area contributed by atoms with Crippen molar-refractivity contribution >= 4 is 48.0 Å². The van der Waals surface area contributed by atoms with Crippen molar-refractivity contribution in [3.8, 4) is 5.75 Å². The van der Waals surface area contributed by atoms with Crippen molar-refractivity contribution in [3.63, 3.8) is 0 Å². The molecule has 2 fully saturated rings. The lowest BCUT2D eigenvalue weighted by Crippen LogP contribution is -2.44. The summed E-state index contributed by atoms with van der Waals surface area (Å²) in [6.07, 6.45) is 4.47. The molecule has 1 aromatic rings. The summed E-state index contributed by atoms with van der Waals surface area (Å²) in [4.78, 5) is 15.0. The summed E-state index contributed by atoms with van der Waals surface area (Å²) >= 11 is 6.32. The zero-order chi connectivity index (χ0) is 17.9. The Balaban J connectivity index is 0.00000182. The van der Waals surface area contributed by atoms with Crippen LogP contribution in [0.3, 0.4) is 0 Å². The number of nitrogens with one attached hydrogen (secondary N) is 2. The van der Waals surface area contributed by atoms with Crippen molar-refractivity contribution < 1.29 is 9.53 Å². The van der Waals surface area contributed by atoms with Gasteiger partial charge in [0.25, 0.3) is 0 Å².